The summed E-state index contributed by atoms with van der Waals surface area (Å²) in [5.41, 5.74) is 0. The molecular formula is C24H33NO13. The summed E-state index contributed by atoms with van der Waals surface area (Å²) in [7, 11) is 1.06. The highest BCUT2D eigenvalue weighted by Crippen LogP contribution is 2.37. The highest BCUT2D eigenvalue weighted by Gasteiger charge is 2.59. The Balaban J connectivity index is 3.79. The molecule has 0 aromatic heterocycles. The summed E-state index contributed by atoms with van der Waals surface area (Å²) in [4.78, 5) is 72.7. The number of hydrogen-bond acceptors (Lipinski definition) is 13. The van der Waals surface area contributed by atoms with Gasteiger partial charge < -0.3 is 38.5 Å². The molecule has 0 bridgehead atoms. The monoisotopic (exact) mass is 543 g/mol. The summed E-state index contributed by atoms with van der Waals surface area (Å²) in [5.74, 6) is -4.83. The van der Waals surface area contributed by atoms with Crippen LogP contribution in [0.3, 0.4) is 0 Å². The number of terminal acetylenes is 1. The Morgan fingerprint density at radius 2 is 1.63 bits per heavy atom. The first kappa shape index (κ1) is 32.3. The van der Waals surface area contributed by atoms with Gasteiger partial charge in [0.2, 0.25) is 5.91 Å². The predicted molar refractivity (Wildman–Crippen MR) is 125 cm³/mol. The topological polar surface area (TPSA) is 179 Å². The molecule has 1 rings (SSSR count). The van der Waals surface area contributed by atoms with Gasteiger partial charge in [0, 0.05) is 41.0 Å². The van der Waals surface area contributed by atoms with Gasteiger partial charge in [-0.15, -0.1) is 12.3 Å². The largest absolute Gasteiger partial charge is 0.465 e. The van der Waals surface area contributed by atoms with E-state index in [-0.39, 0.29) is 13.0 Å². The van der Waals surface area contributed by atoms with Crippen molar-refractivity contribution < 1.29 is 61.9 Å². The van der Waals surface area contributed by atoms with Crippen molar-refractivity contribution in [2.75, 3.05) is 20.3 Å². The van der Waals surface area contributed by atoms with E-state index in [0.717, 1.165) is 41.7 Å². The van der Waals surface area contributed by atoms with Gasteiger partial charge in [0.25, 0.3) is 5.79 Å². The van der Waals surface area contributed by atoms with Gasteiger partial charge >= 0.3 is 29.8 Å². The van der Waals surface area contributed by atoms with Crippen molar-refractivity contribution >= 4 is 35.8 Å². The van der Waals surface area contributed by atoms with Crippen molar-refractivity contribution in [1.82, 2.24) is 5.32 Å². The summed E-state index contributed by atoms with van der Waals surface area (Å²) >= 11 is 0. The first-order chi connectivity index (χ1) is 17.8. The number of hydrogen-bond donors (Lipinski definition) is 1. The number of esters is 5. The Labute approximate surface area is 219 Å². The van der Waals surface area contributed by atoms with Crippen LogP contribution in [0.5, 0.6) is 0 Å². The van der Waals surface area contributed by atoms with Gasteiger partial charge in [-0.3, -0.25) is 24.0 Å². The Bertz CT molecular complexity index is 942. The van der Waals surface area contributed by atoms with Crippen molar-refractivity contribution in [2.45, 2.75) is 83.7 Å². The molecule has 0 aromatic rings. The van der Waals surface area contributed by atoms with Gasteiger partial charge in [-0.1, -0.05) is 0 Å². The maximum atomic E-state index is 13.0. The van der Waals surface area contributed by atoms with Crippen LogP contribution in [-0.4, -0.2) is 92.3 Å². The standard InChI is InChI=1S/C24H33NO13/c1-8-9-10-34-24(23(31)32-7)11-18(35-15(4)28)20(25-13(2)26)22(38-24)21(37-17(6)30)19(36-16(5)29)12-33-14(3)27/h1,18-22H,9-12H2,2-7H3,(H,25,26). The number of rotatable bonds is 12. The Morgan fingerprint density at radius 1 is 1.00 bits per heavy atom. The summed E-state index contributed by atoms with van der Waals surface area (Å²) in [5, 5.41) is 2.56. The minimum Gasteiger partial charge on any atom is -0.465 e. The molecule has 0 spiro atoms. The van der Waals surface area contributed by atoms with Crippen LogP contribution in [0.4, 0.5) is 0 Å². The molecule has 1 aliphatic heterocycles. The van der Waals surface area contributed by atoms with Crippen LogP contribution in [0.1, 0.15) is 47.5 Å². The van der Waals surface area contributed by atoms with E-state index in [4.69, 9.17) is 39.6 Å². The van der Waals surface area contributed by atoms with Gasteiger partial charge in [0.15, 0.2) is 12.2 Å². The van der Waals surface area contributed by atoms with Crippen molar-refractivity contribution in [3.63, 3.8) is 0 Å². The number of carbonyl (C=O) groups is 6. The average molecular weight is 544 g/mol. The molecule has 1 N–H and O–H groups in total. The molecule has 212 valence electrons. The lowest BCUT2D eigenvalue weighted by Crippen LogP contribution is -2.69. The third-order valence-electron chi connectivity index (χ3n) is 5.08. The minimum atomic E-state index is -2.26. The zero-order valence-electron chi connectivity index (χ0n) is 22.1. The molecule has 1 heterocycles. The first-order valence-corrected chi connectivity index (χ1v) is 11.5. The smallest absolute Gasteiger partial charge is 0.366 e. The molecule has 0 aromatic carbocycles. The number of carbonyl (C=O) groups excluding carboxylic acids is 6. The van der Waals surface area contributed by atoms with E-state index in [0.29, 0.717) is 0 Å². The molecule has 6 unspecified atom stereocenters. The molecule has 14 nitrogen and oxygen atoms in total. The molecule has 1 aliphatic rings. The summed E-state index contributed by atoms with van der Waals surface area (Å²) in [6.45, 7) is 4.66. The molecule has 0 radical (unpaired) electrons. The van der Waals surface area contributed by atoms with E-state index < -0.39 is 85.0 Å². The lowest BCUT2D eigenvalue weighted by atomic mass is 9.88. The van der Waals surface area contributed by atoms with Gasteiger partial charge in [0.05, 0.1) is 26.2 Å². The molecule has 6 atom stereocenters. The van der Waals surface area contributed by atoms with Crippen LogP contribution >= 0.6 is 0 Å². The van der Waals surface area contributed by atoms with Crippen molar-refractivity contribution in [1.29, 1.82) is 0 Å². The molecule has 1 fully saturated rings. The highest BCUT2D eigenvalue weighted by atomic mass is 16.7. The second-order valence-electron chi connectivity index (χ2n) is 8.23. The second-order valence-corrected chi connectivity index (χ2v) is 8.23. The second kappa shape index (κ2) is 14.9. The van der Waals surface area contributed by atoms with E-state index >= 15 is 0 Å². The number of amides is 1. The Morgan fingerprint density at radius 3 is 2.11 bits per heavy atom. The quantitative estimate of drug-likeness (QED) is 0.145. The van der Waals surface area contributed by atoms with Crippen LogP contribution < -0.4 is 5.32 Å². The maximum absolute atomic E-state index is 13.0. The summed E-state index contributed by atoms with van der Waals surface area (Å²) in [6, 6.07) is -1.27. The SMILES string of the molecule is C#CCCOC1(C(=O)OC)CC(OC(C)=O)C(NC(C)=O)C(C(OC(C)=O)C(COC(C)=O)OC(C)=O)O1. The maximum Gasteiger partial charge on any atom is 0.366 e. The zero-order chi connectivity index (χ0) is 29.0. The fourth-order valence-electron chi connectivity index (χ4n) is 3.82. The average Bonchev–Trinajstić information content (AvgIpc) is 2.80. The normalized spacial score (nSPS) is 24.0. The fraction of sp³-hybridized carbons (Fsp3) is 0.667. The predicted octanol–water partition coefficient (Wildman–Crippen LogP) is -0.453. The molecule has 38 heavy (non-hydrogen) atoms. The molecule has 1 saturated heterocycles. The van der Waals surface area contributed by atoms with E-state index in [9.17, 15) is 28.8 Å². The van der Waals surface area contributed by atoms with Crippen LogP contribution in [0.15, 0.2) is 0 Å². The van der Waals surface area contributed by atoms with Crippen LogP contribution in [0.25, 0.3) is 0 Å². The number of ether oxygens (including phenoxy) is 7. The summed E-state index contributed by atoms with van der Waals surface area (Å²) in [6.07, 6.45) is -1.10. The minimum absolute atomic E-state index is 0.0516. The van der Waals surface area contributed by atoms with Crippen molar-refractivity contribution in [2.24, 2.45) is 0 Å². The van der Waals surface area contributed by atoms with E-state index in [2.05, 4.69) is 11.2 Å². The van der Waals surface area contributed by atoms with Gasteiger partial charge in [0.1, 0.15) is 18.8 Å². The van der Waals surface area contributed by atoms with Crippen LogP contribution in [0.2, 0.25) is 0 Å². The molecular weight excluding hydrogens is 510 g/mol. The van der Waals surface area contributed by atoms with E-state index in [1.165, 1.54) is 0 Å². The fourth-order valence-corrected chi connectivity index (χ4v) is 3.82. The van der Waals surface area contributed by atoms with Crippen molar-refractivity contribution in [3.8, 4) is 12.3 Å². The molecule has 14 heteroatoms. The van der Waals surface area contributed by atoms with Gasteiger partial charge in [-0.25, -0.2) is 4.79 Å². The third kappa shape index (κ3) is 9.64. The Kier molecular flexibility index (Phi) is 12.7. The highest BCUT2D eigenvalue weighted by molar-refractivity contribution is 5.79. The van der Waals surface area contributed by atoms with Crippen molar-refractivity contribution in [3.05, 3.63) is 0 Å². The third-order valence-corrected chi connectivity index (χ3v) is 5.08. The van der Waals surface area contributed by atoms with E-state index in [1.807, 2.05) is 0 Å². The van der Waals surface area contributed by atoms with Crippen LogP contribution in [-0.2, 0) is 61.9 Å². The number of methoxy groups -OCH3 is 1. The molecule has 1 amide bonds. The van der Waals surface area contributed by atoms with E-state index in [1.54, 1.807) is 0 Å². The molecule has 0 aliphatic carbocycles. The van der Waals surface area contributed by atoms with Gasteiger partial charge in [-0.05, 0) is 0 Å². The molecule has 0 saturated carbocycles. The Hall–Kier alpha value is -3.70. The first-order valence-electron chi connectivity index (χ1n) is 11.5. The van der Waals surface area contributed by atoms with Gasteiger partial charge in [-0.2, -0.15) is 0 Å². The lowest BCUT2D eigenvalue weighted by molar-refractivity contribution is -0.314. The zero-order valence-corrected chi connectivity index (χ0v) is 22.1. The number of nitrogens with one attached hydrogen (secondary N) is 1. The lowest BCUT2D eigenvalue weighted by Gasteiger charge is -2.48. The summed E-state index contributed by atoms with van der Waals surface area (Å²) < 4.78 is 37.7. The van der Waals surface area contributed by atoms with Crippen LogP contribution in [0, 0.1) is 12.3 Å².